The number of aliphatic hydroxyl groups is 1. The number of hydrazine groups is 1. The molecule has 3 aliphatic heterocycles. The summed E-state index contributed by atoms with van der Waals surface area (Å²) >= 11 is 0. The molecule has 1 aromatic carbocycles. The standard InChI is InChI=1S/C21H32FN5O2/c1-25(2)20(28)27-9-7-21(29)6-8-26(13-17(21)14-27)12-16-11-23-24-19(16)15-4-3-5-18(22)10-15/h3-5,10,16-17,19,23-24,29H,6-9,11-14H2,1-2H3/t16?,17-,19?,21-/m0/s1. The highest BCUT2D eigenvalue weighted by Gasteiger charge is 2.46. The largest absolute Gasteiger partial charge is 0.389 e. The second-order valence-corrected chi connectivity index (χ2v) is 9.00. The first-order valence-electron chi connectivity index (χ1n) is 10.5. The Balaban J connectivity index is 1.41. The summed E-state index contributed by atoms with van der Waals surface area (Å²) in [5.74, 6) is 0.153. The lowest BCUT2D eigenvalue weighted by atomic mass is 9.75. The second-order valence-electron chi connectivity index (χ2n) is 9.00. The monoisotopic (exact) mass is 405 g/mol. The highest BCUT2D eigenvalue weighted by Crippen LogP contribution is 2.37. The zero-order valence-corrected chi connectivity index (χ0v) is 17.3. The maximum atomic E-state index is 13.7. The summed E-state index contributed by atoms with van der Waals surface area (Å²) in [7, 11) is 3.53. The lowest BCUT2D eigenvalue weighted by Gasteiger charge is -2.50. The van der Waals surface area contributed by atoms with Crippen molar-refractivity contribution in [3.8, 4) is 0 Å². The average Bonchev–Trinajstić information content (AvgIpc) is 3.15. The minimum Gasteiger partial charge on any atom is -0.389 e. The fourth-order valence-corrected chi connectivity index (χ4v) is 5.09. The van der Waals surface area contributed by atoms with E-state index in [-0.39, 0.29) is 23.8 Å². The number of rotatable bonds is 3. The normalized spacial score (nSPS) is 32.8. The first-order chi connectivity index (χ1) is 13.9. The maximum Gasteiger partial charge on any atom is 0.319 e. The highest BCUT2D eigenvalue weighted by atomic mass is 19.1. The number of carbonyl (C=O) groups is 1. The van der Waals surface area contributed by atoms with Crippen molar-refractivity contribution in [1.82, 2.24) is 25.6 Å². The van der Waals surface area contributed by atoms with Gasteiger partial charge in [-0.2, -0.15) is 0 Å². The number of amides is 2. The van der Waals surface area contributed by atoms with E-state index in [1.165, 1.54) is 6.07 Å². The summed E-state index contributed by atoms with van der Waals surface area (Å²) in [6, 6.07) is 6.85. The van der Waals surface area contributed by atoms with Crippen LogP contribution < -0.4 is 10.9 Å². The molecule has 0 aromatic heterocycles. The molecule has 0 spiro atoms. The van der Waals surface area contributed by atoms with E-state index in [1.807, 2.05) is 11.0 Å². The number of piperidine rings is 2. The van der Waals surface area contributed by atoms with Crippen LogP contribution in [0.25, 0.3) is 0 Å². The number of nitrogens with one attached hydrogen (secondary N) is 2. The van der Waals surface area contributed by atoms with Crippen molar-refractivity contribution in [2.75, 3.05) is 53.4 Å². The van der Waals surface area contributed by atoms with Gasteiger partial charge in [-0.05, 0) is 30.5 Å². The van der Waals surface area contributed by atoms with Crippen LogP contribution in [-0.4, -0.2) is 84.8 Å². The van der Waals surface area contributed by atoms with Gasteiger partial charge in [0.15, 0.2) is 0 Å². The molecule has 29 heavy (non-hydrogen) atoms. The van der Waals surface area contributed by atoms with Gasteiger partial charge in [0.25, 0.3) is 0 Å². The Morgan fingerprint density at radius 1 is 1.31 bits per heavy atom. The summed E-state index contributed by atoms with van der Waals surface area (Å²) in [4.78, 5) is 18.2. The molecule has 3 aliphatic rings. The molecular formula is C21H32FN5O2. The van der Waals surface area contributed by atoms with E-state index in [2.05, 4.69) is 15.8 Å². The average molecular weight is 406 g/mol. The van der Waals surface area contributed by atoms with Crippen LogP contribution >= 0.6 is 0 Å². The number of halogens is 1. The number of likely N-dealkylation sites (tertiary alicyclic amines) is 2. The molecular weight excluding hydrogens is 373 g/mol. The van der Waals surface area contributed by atoms with Gasteiger partial charge in [0.2, 0.25) is 0 Å². The number of hydrogen-bond donors (Lipinski definition) is 3. The van der Waals surface area contributed by atoms with Gasteiger partial charge >= 0.3 is 6.03 Å². The van der Waals surface area contributed by atoms with Crippen molar-refractivity contribution in [2.24, 2.45) is 11.8 Å². The van der Waals surface area contributed by atoms with E-state index in [0.717, 1.165) is 38.2 Å². The van der Waals surface area contributed by atoms with Gasteiger partial charge in [-0.15, -0.1) is 0 Å². The zero-order valence-electron chi connectivity index (χ0n) is 17.3. The van der Waals surface area contributed by atoms with Gasteiger partial charge in [0.05, 0.1) is 11.6 Å². The number of nitrogens with zero attached hydrogens (tertiary/aromatic N) is 3. The Bertz CT molecular complexity index is 748. The fraction of sp³-hybridized carbons (Fsp3) is 0.667. The lowest BCUT2D eigenvalue weighted by molar-refractivity contribution is -0.108. The molecule has 4 atom stereocenters. The van der Waals surface area contributed by atoms with E-state index in [1.54, 1.807) is 31.1 Å². The summed E-state index contributed by atoms with van der Waals surface area (Å²) in [6.45, 7) is 4.52. The molecule has 1 aromatic rings. The molecule has 3 fully saturated rings. The Morgan fingerprint density at radius 2 is 2.10 bits per heavy atom. The minimum absolute atomic E-state index is 0.0135. The van der Waals surface area contributed by atoms with Crippen molar-refractivity contribution in [1.29, 1.82) is 0 Å². The maximum absolute atomic E-state index is 13.7. The Hall–Kier alpha value is -1.74. The highest BCUT2D eigenvalue weighted by molar-refractivity contribution is 5.74. The van der Waals surface area contributed by atoms with Crippen LogP contribution in [0.15, 0.2) is 24.3 Å². The molecule has 2 amide bonds. The number of hydrogen-bond acceptors (Lipinski definition) is 5. The van der Waals surface area contributed by atoms with Crippen LogP contribution in [0.1, 0.15) is 24.4 Å². The first kappa shape index (κ1) is 20.5. The number of urea groups is 1. The summed E-state index contributed by atoms with van der Waals surface area (Å²) in [5, 5.41) is 11.1. The van der Waals surface area contributed by atoms with Crippen molar-refractivity contribution in [3.63, 3.8) is 0 Å². The fourth-order valence-electron chi connectivity index (χ4n) is 5.09. The number of fused-ring (bicyclic) bond motifs is 1. The molecule has 0 radical (unpaired) electrons. The molecule has 0 aliphatic carbocycles. The molecule has 8 heteroatoms. The van der Waals surface area contributed by atoms with Crippen LogP contribution in [0.3, 0.4) is 0 Å². The van der Waals surface area contributed by atoms with Crippen LogP contribution in [0.2, 0.25) is 0 Å². The molecule has 0 saturated carbocycles. The Labute approximate surface area is 171 Å². The molecule has 3 N–H and O–H groups in total. The van der Waals surface area contributed by atoms with Gasteiger partial charge in [-0.25, -0.2) is 14.6 Å². The van der Waals surface area contributed by atoms with Gasteiger partial charge in [0.1, 0.15) is 5.82 Å². The van der Waals surface area contributed by atoms with Crippen LogP contribution in [0.5, 0.6) is 0 Å². The Morgan fingerprint density at radius 3 is 2.86 bits per heavy atom. The van der Waals surface area contributed by atoms with Crippen molar-refractivity contribution in [2.45, 2.75) is 24.5 Å². The molecule has 7 nitrogen and oxygen atoms in total. The van der Waals surface area contributed by atoms with E-state index in [0.29, 0.717) is 25.4 Å². The van der Waals surface area contributed by atoms with Crippen LogP contribution in [-0.2, 0) is 0 Å². The SMILES string of the molecule is CN(C)C(=O)N1CC[C@@]2(O)CCN(CC3CNNC3c3cccc(F)c3)C[C@H]2C1. The quantitative estimate of drug-likeness (QED) is 0.701. The van der Waals surface area contributed by atoms with Gasteiger partial charge in [0, 0.05) is 65.2 Å². The van der Waals surface area contributed by atoms with Crippen LogP contribution in [0.4, 0.5) is 9.18 Å². The van der Waals surface area contributed by atoms with Gasteiger partial charge < -0.3 is 19.8 Å². The third-order valence-electron chi connectivity index (χ3n) is 6.80. The molecule has 0 bridgehead atoms. The molecule has 4 rings (SSSR count). The number of benzene rings is 1. The smallest absolute Gasteiger partial charge is 0.319 e. The number of carbonyl (C=O) groups excluding carboxylic acids is 1. The van der Waals surface area contributed by atoms with Crippen molar-refractivity contribution < 1.29 is 14.3 Å². The third kappa shape index (κ3) is 4.26. The summed E-state index contributed by atoms with van der Waals surface area (Å²) in [6.07, 6.45) is 1.38. The summed E-state index contributed by atoms with van der Waals surface area (Å²) < 4.78 is 13.7. The van der Waals surface area contributed by atoms with E-state index >= 15 is 0 Å². The summed E-state index contributed by atoms with van der Waals surface area (Å²) in [5.41, 5.74) is 6.79. The second kappa shape index (κ2) is 8.18. The first-order valence-corrected chi connectivity index (χ1v) is 10.5. The van der Waals surface area contributed by atoms with Gasteiger partial charge in [-0.3, -0.25) is 5.43 Å². The zero-order chi connectivity index (χ0) is 20.6. The lowest BCUT2D eigenvalue weighted by Crippen LogP contribution is -2.61. The third-order valence-corrected chi connectivity index (χ3v) is 6.80. The van der Waals surface area contributed by atoms with Crippen molar-refractivity contribution >= 4 is 6.03 Å². The van der Waals surface area contributed by atoms with Crippen molar-refractivity contribution in [3.05, 3.63) is 35.6 Å². The molecule has 3 saturated heterocycles. The minimum atomic E-state index is -0.673. The molecule has 160 valence electrons. The molecule has 2 unspecified atom stereocenters. The predicted octanol–water partition coefficient (Wildman–Crippen LogP) is 1.03. The van der Waals surface area contributed by atoms with Gasteiger partial charge in [-0.1, -0.05) is 12.1 Å². The molecule has 3 heterocycles. The van der Waals surface area contributed by atoms with E-state index < -0.39 is 5.60 Å². The van der Waals surface area contributed by atoms with Crippen LogP contribution in [0, 0.1) is 17.7 Å². The van der Waals surface area contributed by atoms with E-state index in [4.69, 9.17) is 0 Å². The van der Waals surface area contributed by atoms with E-state index in [9.17, 15) is 14.3 Å². The topological polar surface area (TPSA) is 71.1 Å². The predicted molar refractivity (Wildman–Crippen MR) is 109 cm³/mol. The Kier molecular flexibility index (Phi) is 5.79.